The van der Waals surface area contributed by atoms with Crippen LogP contribution < -0.4 is 0 Å². The van der Waals surface area contributed by atoms with Crippen LogP contribution in [0.4, 0.5) is 0 Å². The number of carbonyl (C=O) groups is 1. The second-order valence-corrected chi connectivity index (χ2v) is 9.74. The van der Waals surface area contributed by atoms with Crippen molar-refractivity contribution in [3.8, 4) is 11.8 Å². The van der Waals surface area contributed by atoms with Crippen LogP contribution in [0.15, 0.2) is 30.3 Å². The predicted octanol–water partition coefficient (Wildman–Crippen LogP) is 4.34. The molecule has 162 valence electrons. The van der Waals surface area contributed by atoms with E-state index in [1.54, 1.807) is 0 Å². The maximum atomic E-state index is 13.4. The Bertz CT molecular complexity index is 1030. The Morgan fingerprint density at radius 2 is 1.97 bits per heavy atom. The van der Waals surface area contributed by atoms with E-state index in [1.807, 2.05) is 31.2 Å². The number of benzene rings is 1. The molecular formula is C26H31N3O2. The van der Waals surface area contributed by atoms with Gasteiger partial charge in [-0.15, -0.1) is 0 Å². The average Bonchev–Trinajstić information content (AvgIpc) is 3.36. The Kier molecular flexibility index (Phi) is 5.24. The van der Waals surface area contributed by atoms with E-state index in [4.69, 9.17) is 5.26 Å². The minimum absolute atomic E-state index is 0.142. The number of nitriles is 1. The van der Waals surface area contributed by atoms with Crippen molar-refractivity contribution >= 4 is 5.78 Å². The normalized spacial score (nSPS) is 26.6. The second-order valence-electron chi connectivity index (χ2n) is 9.74. The summed E-state index contributed by atoms with van der Waals surface area (Å²) in [5.74, 6) is 1.20. The maximum absolute atomic E-state index is 13.4. The SMILES string of the molecule is Cc1c(C(=O)CN2C3CCC2[C@H](O)C3)cc(C(C)C2CCC2)n1-c1ccc(C#N)cc1. The summed E-state index contributed by atoms with van der Waals surface area (Å²) in [6, 6.07) is 12.4. The summed E-state index contributed by atoms with van der Waals surface area (Å²) in [6.45, 7) is 4.71. The zero-order valence-corrected chi connectivity index (χ0v) is 18.4. The summed E-state index contributed by atoms with van der Waals surface area (Å²) in [7, 11) is 0. The third-order valence-corrected chi connectivity index (χ3v) is 8.13. The van der Waals surface area contributed by atoms with E-state index >= 15 is 0 Å². The van der Waals surface area contributed by atoms with Crippen LogP contribution in [0.25, 0.3) is 5.69 Å². The zero-order chi connectivity index (χ0) is 21.7. The fourth-order valence-electron chi connectivity index (χ4n) is 6.02. The summed E-state index contributed by atoms with van der Waals surface area (Å²) in [5, 5.41) is 19.4. The average molecular weight is 418 g/mol. The molecule has 2 aliphatic heterocycles. The molecule has 5 rings (SSSR count). The van der Waals surface area contributed by atoms with E-state index < -0.39 is 0 Å². The van der Waals surface area contributed by atoms with Gasteiger partial charge in [0.15, 0.2) is 5.78 Å². The molecule has 31 heavy (non-hydrogen) atoms. The predicted molar refractivity (Wildman–Crippen MR) is 119 cm³/mol. The number of fused-ring (bicyclic) bond motifs is 2. The molecule has 3 aliphatic rings. The van der Waals surface area contributed by atoms with E-state index in [2.05, 4.69) is 28.5 Å². The molecule has 5 heteroatoms. The Hall–Kier alpha value is -2.42. The third kappa shape index (κ3) is 3.43. The van der Waals surface area contributed by atoms with Crippen LogP contribution in [0.2, 0.25) is 0 Å². The number of aliphatic hydroxyl groups is 1. The van der Waals surface area contributed by atoms with Gasteiger partial charge in [0.2, 0.25) is 0 Å². The highest BCUT2D eigenvalue weighted by Gasteiger charge is 2.46. The first-order valence-electron chi connectivity index (χ1n) is 11.7. The van der Waals surface area contributed by atoms with Crippen LogP contribution in [0.3, 0.4) is 0 Å². The summed E-state index contributed by atoms with van der Waals surface area (Å²) in [4.78, 5) is 15.7. The number of ketones is 1. The molecule has 4 atom stereocenters. The van der Waals surface area contributed by atoms with Crippen molar-refractivity contribution in [1.82, 2.24) is 9.47 Å². The number of nitrogens with zero attached hydrogens (tertiary/aromatic N) is 3. The van der Waals surface area contributed by atoms with E-state index in [0.717, 1.165) is 36.2 Å². The van der Waals surface area contributed by atoms with Crippen molar-refractivity contribution in [2.75, 3.05) is 6.54 Å². The molecule has 1 aromatic carbocycles. The highest BCUT2D eigenvalue weighted by atomic mass is 16.3. The van der Waals surface area contributed by atoms with Gasteiger partial charge in [-0.3, -0.25) is 9.69 Å². The number of hydrogen-bond acceptors (Lipinski definition) is 4. The van der Waals surface area contributed by atoms with Crippen molar-refractivity contribution in [3.63, 3.8) is 0 Å². The molecule has 0 radical (unpaired) electrons. The molecule has 1 saturated carbocycles. The van der Waals surface area contributed by atoms with Crippen LogP contribution in [0.1, 0.15) is 78.7 Å². The minimum atomic E-state index is -0.287. The van der Waals surface area contributed by atoms with Crippen molar-refractivity contribution in [2.45, 2.75) is 76.5 Å². The largest absolute Gasteiger partial charge is 0.391 e. The summed E-state index contributed by atoms with van der Waals surface area (Å²) in [6.07, 6.45) is 6.38. The highest BCUT2D eigenvalue weighted by Crippen LogP contribution is 2.42. The molecule has 0 spiro atoms. The summed E-state index contributed by atoms with van der Waals surface area (Å²) in [5.41, 5.74) is 4.61. The monoisotopic (exact) mass is 417 g/mol. The molecule has 3 unspecified atom stereocenters. The van der Waals surface area contributed by atoms with Gasteiger partial charge < -0.3 is 9.67 Å². The lowest BCUT2D eigenvalue weighted by molar-refractivity contribution is 0.0873. The molecule has 1 aliphatic carbocycles. The van der Waals surface area contributed by atoms with Crippen molar-refractivity contribution in [2.24, 2.45) is 5.92 Å². The highest BCUT2D eigenvalue weighted by molar-refractivity contribution is 5.99. The molecule has 1 N–H and O–H groups in total. The lowest BCUT2D eigenvalue weighted by Gasteiger charge is -2.32. The van der Waals surface area contributed by atoms with Gasteiger partial charge in [-0.05, 0) is 81.2 Å². The smallest absolute Gasteiger partial charge is 0.178 e. The zero-order valence-electron chi connectivity index (χ0n) is 18.4. The Morgan fingerprint density at radius 1 is 1.23 bits per heavy atom. The Balaban J connectivity index is 1.49. The standard InChI is InChI=1S/C26H31N3O2/c1-16(19-4-3-5-19)24-13-22(17(2)29(24)20-8-6-18(14-27)7-9-20)26(31)15-28-21-10-11-23(28)25(30)12-21/h6-9,13,16,19,21,23,25,30H,3-5,10-12,15H2,1-2H3/t16?,21?,23?,25-/m1/s1. The van der Waals surface area contributed by atoms with E-state index in [0.29, 0.717) is 30.0 Å². The molecule has 2 bridgehead atoms. The lowest BCUT2D eigenvalue weighted by atomic mass is 9.75. The van der Waals surface area contributed by atoms with Gasteiger partial charge in [-0.2, -0.15) is 5.26 Å². The van der Waals surface area contributed by atoms with Crippen LogP contribution in [0.5, 0.6) is 0 Å². The Morgan fingerprint density at radius 3 is 2.52 bits per heavy atom. The van der Waals surface area contributed by atoms with E-state index in [-0.39, 0.29) is 17.9 Å². The van der Waals surface area contributed by atoms with Gasteiger partial charge in [0, 0.05) is 34.7 Å². The molecule has 5 nitrogen and oxygen atoms in total. The quantitative estimate of drug-likeness (QED) is 0.710. The van der Waals surface area contributed by atoms with Gasteiger partial charge in [-0.1, -0.05) is 13.3 Å². The van der Waals surface area contributed by atoms with Gasteiger partial charge in [0.1, 0.15) is 0 Å². The fraction of sp³-hybridized carbons (Fsp3) is 0.538. The second kappa shape index (κ2) is 7.93. The van der Waals surface area contributed by atoms with Crippen LogP contribution in [-0.4, -0.2) is 45.1 Å². The summed E-state index contributed by atoms with van der Waals surface area (Å²) < 4.78 is 2.23. The third-order valence-electron chi connectivity index (χ3n) is 8.13. The molecule has 0 amide bonds. The first-order chi connectivity index (χ1) is 15.0. The lowest BCUT2D eigenvalue weighted by Crippen LogP contribution is -2.36. The molecular weight excluding hydrogens is 386 g/mol. The maximum Gasteiger partial charge on any atom is 0.178 e. The molecule has 1 aromatic heterocycles. The van der Waals surface area contributed by atoms with Gasteiger partial charge in [-0.25, -0.2) is 0 Å². The fourth-order valence-corrected chi connectivity index (χ4v) is 6.02. The minimum Gasteiger partial charge on any atom is -0.391 e. The van der Waals surface area contributed by atoms with Crippen LogP contribution >= 0.6 is 0 Å². The van der Waals surface area contributed by atoms with E-state index in [9.17, 15) is 9.90 Å². The van der Waals surface area contributed by atoms with Crippen molar-refractivity contribution in [1.29, 1.82) is 5.26 Å². The first kappa shape index (κ1) is 20.5. The van der Waals surface area contributed by atoms with Gasteiger partial charge >= 0.3 is 0 Å². The van der Waals surface area contributed by atoms with Crippen LogP contribution in [0, 0.1) is 24.2 Å². The molecule has 3 fully saturated rings. The van der Waals surface area contributed by atoms with E-state index in [1.165, 1.54) is 25.0 Å². The molecule has 3 heterocycles. The van der Waals surface area contributed by atoms with Crippen molar-refractivity contribution < 1.29 is 9.90 Å². The number of carbonyl (C=O) groups excluding carboxylic acids is 1. The van der Waals surface area contributed by atoms with Crippen LogP contribution in [-0.2, 0) is 0 Å². The number of Topliss-reactive ketones (excluding diaryl/α,β-unsaturated/α-hetero) is 1. The number of rotatable bonds is 6. The Labute approximate surface area is 184 Å². The number of aliphatic hydroxyl groups excluding tert-OH is 1. The summed E-state index contributed by atoms with van der Waals surface area (Å²) >= 11 is 0. The molecule has 2 saturated heterocycles. The van der Waals surface area contributed by atoms with Gasteiger partial charge in [0.05, 0.1) is 24.3 Å². The van der Waals surface area contributed by atoms with Crippen molar-refractivity contribution in [3.05, 3.63) is 52.8 Å². The topological polar surface area (TPSA) is 69.3 Å². The molecule has 2 aromatic rings. The first-order valence-corrected chi connectivity index (χ1v) is 11.7. The number of hydrogen-bond donors (Lipinski definition) is 1. The number of aromatic nitrogens is 1. The van der Waals surface area contributed by atoms with Gasteiger partial charge in [0.25, 0.3) is 0 Å².